The van der Waals surface area contributed by atoms with Crippen LogP contribution in [0.25, 0.3) is 0 Å². The number of Topliss-reactive ketones (excluding diaryl/α,β-unsaturated/α-hetero) is 1. The number of carboxylic acids is 6. The summed E-state index contributed by atoms with van der Waals surface area (Å²) in [5.74, 6) is -14.6. The second kappa shape index (κ2) is 42.6. The number of carbonyl (C=O) groups excluding carboxylic acids is 8. The lowest BCUT2D eigenvalue weighted by atomic mass is 9.93. The van der Waals surface area contributed by atoms with Gasteiger partial charge in [0.05, 0.1) is 32.7 Å². The number of unbranched alkanes of at least 4 members (excludes halogenated alkanes) is 1. The second-order valence-electron chi connectivity index (χ2n) is 22.4. The molecule has 98 heavy (non-hydrogen) atoms. The van der Waals surface area contributed by atoms with E-state index >= 15 is 0 Å². The molecule has 0 radical (unpaired) electrons. The van der Waals surface area contributed by atoms with Gasteiger partial charge in [-0.3, -0.25) is 86.3 Å². The van der Waals surface area contributed by atoms with Crippen LogP contribution in [-0.2, 0) is 89.0 Å². The van der Waals surface area contributed by atoms with Gasteiger partial charge < -0.3 is 96.9 Å². The molecule has 39 nitrogen and oxygen atoms in total. The van der Waals surface area contributed by atoms with Gasteiger partial charge in [0.1, 0.15) is 23.9 Å². The van der Waals surface area contributed by atoms with Gasteiger partial charge in [0.2, 0.25) is 29.2 Å². The second-order valence-corrected chi connectivity index (χ2v) is 26.2. The fourth-order valence-corrected chi connectivity index (χ4v) is 11.9. The van der Waals surface area contributed by atoms with Crippen LogP contribution in [-0.4, -0.2) is 282 Å². The van der Waals surface area contributed by atoms with E-state index < -0.39 is 193 Å². The predicted molar refractivity (Wildman–Crippen MR) is 335 cm³/mol. The molecule has 0 aromatic heterocycles. The molecular weight excluding hydrogens is 1350 g/mol. The number of rotatable bonds is 43. The van der Waals surface area contributed by atoms with Crippen LogP contribution in [0.1, 0.15) is 62.5 Å². The summed E-state index contributed by atoms with van der Waals surface area (Å²) in [5.41, 5.74) is -2.00. The number of nitrogens with one attached hydrogen (secondary N) is 7. The molecule has 1 heterocycles. The molecule has 1 unspecified atom stereocenters. The highest BCUT2D eigenvalue weighted by Gasteiger charge is 2.45. The molecule has 0 bridgehead atoms. The van der Waals surface area contributed by atoms with Crippen LogP contribution in [0.3, 0.4) is 0 Å². The minimum absolute atomic E-state index is 0.00325. The summed E-state index contributed by atoms with van der Waals surface area (Å²) < 4.78 is 34.1. The summed E-state index contributed by atoms with van der Waals surface area (Å²) in [6, 6.07) is 8.97. The molecule has 0 aliphatic carbocycles. The van der Waals surface area contributed by atoms with Crippen LogP contribution in [0.4, 0.5) is 4.79 Å². The van der Waals surface area contributed by atoms with Crippen molar-refractivity contribution in [3.8, 4) is 5.75 Å². The van der Waals surface area contributed by atoms with Crippen LogP contribution in [0.2, 0.25) is 0 Å². The number of amides is 7. The van der Waals surface area contributed by atoms with Crippen LogP contribution in [0.5, 0.6) is 5.75 Å². The Kier molecular flexibility index (Phi) is 36.2. The van der Waals surface area contributed by atoms with Crippen molar-refractivity contribution in [3.63, 3.8) is 0 Å². The average molecular weight is 1430 g/mol. The molecule has 1 aliphatic rings. The van der Waals surface area contributed by atoms with E-state index in [9.17, 15) is 121 Å². The molecule has 544 valence electrons. The zero-order valence-corrected chi connectivity index (χ0v) is 54.7. The number of urea groups is 1. The Morgan fingerprint density at radius 1 is 0.520 bits per heavy atom. The zero-order chi connectivity index (χ0) is 73.1. The molecule has 1 saturated heterocycles. The number of hydrogen-bond donors (Lipinski definition) is 17. The third kappa shape index (κ3) is 34.3. The summed E-state index contributed by atoms with van der Waals surface area (Å²) in [6.07, 6.45) is -3.58. The van der Waals surface area contributed by atoms with Gasteiger partial charge in [0.25, 0.3) is 12.4 Å². The number of ether oxygens (including phenoxy) is 2. The highest BCUT2D eigenvalue weighted by Crippen LogP contribution is 2.58. The Morgan fingerprint density at radius 3 is 1.58 bits per heavy atom. The maximum atomic E-state index is 13.7. The number of carboxylic acid groups (broad SMARTS) is 6. The topological polar surface area (TPSA) is 591 Å². The zero-order valence-electron chi connectivity index (χ0n) is 52.9. The van der Waals surface area contributed by atoms with Gasteiger partial charge >= 0.3 is 57.0 Å². The van der Waals surface area contributed by atoms with E-state index in [1.807, 2.05) is 0 Å². The van der Waals surface area contributed by atoms with Crippen LogP contribution in [0, 0.1) is 5.92 Å². The Balaban J connectivity index is 1.72. The number of benzene rings is 2. The summed E-state index contributed by atoms with van der Waals surface area (Å²) in [7, 11) is -11.3. The summed E-state index contributed by atoms with van der Waals surface area (Å²) >= 11 is 0. The number of nitrogens with zero attached hydrogens (tertiary/aromatic N) is 4. The predicted octanol–water partition coefficient (Wildman–Crippen LogP) is -3.99. The van der Waals surface area contributed by atoms with Crippen molar-refractivity contribution in [2.75, 3.05) is 98.2 Å². The molecule has 1 fully saturated rings. The molecule has 1 aliphatic heterocycles. The standard InChI is InChI=1S/C57H83N11O28P2/c69-35-96-47(64-56(88)62-41(54(84)85)13-16-48(74)75)8-4-5-17-58-53(83)42(27-36-6-2-1-3-7-36)61-46(73)34-95-40-11-9-37(10-12-40)26-38(52(82)60-30-45(72)63-57(97(89,90)91)98(92,93)94)28-39(70)29-59-44(71)15-14-43(55(86)87)68-24-22-66(32-50(78)79)20-18-65(31-49(76)77)19-21-67(23-25-68)33-51(80)81/h1-3,6-7,9-12,35,38,41-43,47,57H,4-5,8,13-34H2,(H,58,83)(H,59,71)(H,60,82)(H,61,73)(H,63,72)(H,74,75)(H,76,77)(H,78,79)(H,80,81)(H,84,85)(H,86,87)(H2,62,64,88)(H2,89,90,91)(H2,92,93,94)/t38-,41+,42+,43?,47-/m1/s1. The molecule has 0 spiro atoms. The minimum Gasteiger partial charge on any atom is -0.484 e. The first-order valence-corrected chi connectivity index (χ1v) is 33.7. The Morgan fingerprint density at radius 2 is 1.07 bits per heavy atom. The Labute approximate surface area is 559 Å². The molecule has 3 rings (SSSR count). The highest BCUT2D eigenvalue weighted by molar-refractivity contribution is 7.70. The summed E-state index contributed by atoms with van der Waals surface area (Å²) in [4.78, 5) is 218. The van der Waals surface area contributed by atoms with Crippen LogP contribution >= 0.6 is 15.2 Å². The number of hydrogen-bond acceptors (Lipinski definition) is 22. The highest BCUT2D eigenvalue weighted by atomic mass is 31.2. The van der Waals surface area contributed by atoms with Gasteiger partial charge in [-0.15, -0.1) is 0 Å². The van der Waals surface area contributed by atoms with Crippen molar-refractivity contribution in [2.24, 2.45) is 5.92 Å². The van der Waals surface area contributed by atoms with Crippen molar-refractivity contribution in [1.82, 2.24) is 56.8 Å². The van der Waals surface area contributed by atoms with E-state index in [-0.39, 0.29) is 110 Å². The smallest absolute Gasteiger partial charge is 0.360 e. The normalized spacial score (nSPS) is 15.3. The quantitative estimate of drug-likeness (QED) is 0.0130. The van der Waals surface area contributed by atoms with Gasteiger partial charge in [-0.25, -0.2) is 9.59 Å². The molecule has 41 heteroatoms. The lowest BCUT2D eigenvalue weighted by Gasteiger charge is -2.35. The lowest BCUT2D eigenvalue weighted by Crippen LogP contribution is -2.52. The van der Waals surface area contributed by atoms with Crippen molar-refractivity contribution < 1.29 is 136 Å². The lowest BCUT2D eigenvalue weighted by molar-refractivity contribution is -0.145. The van der Waals surface area contributed by atoms with E-state index in [4.69, 9.17) is 14.6 Å². The molecule has 5 atom stereocenters. The molecule has 0 saturated carbocycles. The number of carbonyl (C=O) groups is 14. The van der Waals surface area contributed by atoms with E-state index in [1.165, 1.54) is 49.2 Å². The molecule has 17 N–H and O–H groups in total. The van der Waals surface area contributed by atoms with Gasteiger partial charge in [-0.2, -0.15) is 0 Å². The van der Waals surface area contributed by atoms with E-state index in [2.05, 4.69) is 31.9 Å². The third-order valence-corrected chi connectivity index (χ3v) is 18.0. The van der Waals surface area contributed by atoms with Crippen molar-refractivity contribution in [2.45, 2.75) is 94.1 Å². The summed E-state index contributed by atoms with van der Waals surface area (Å²) in [5, 5.41) is 72.9. The first kappa shape index (κ1) is 83.2. The first-order chi connectivity index (χ1) is 46.1. The largest absolute Gasteiger partial charge is 0.484 e. The molecule has 7 amide bonds. The van der Waals surface area contributed by atoms with Gasteiger partial charge in [0.15, 0.2) is 18.6 Å². The van der Waals surface area contributed by atoms with Crippen molar-refractivity contribution in [1.29, 1.82) is 0 Å². The average Bonchev–Trinajstić information content (AvgIpc) is 0.836. The number of ketones is 1. The van der Waals surface area contributed by atoms with E-state index in [1.54, 1.807) is 30.3 Å². The summed E-state index contributed by atoms with van der Waals surface area (Å²) in [6.45, 7) is -3.87. The number of aliphatic carboxylic acids is 6. The Bertz CT molecular complexity index is 3100. The SMILES string of the molecule is O=CO[C@H](CCCCNC(=O)[C@H](Cc1ccccc1)NC(=O)COc1ccc(C[C@H](CC(=O)CNC(=O)CCC(C(=O)O)N2CCN(CC(=O)O)CCN(CC(=O)O)CCN(CC(=O)O)CC2)C(=O)NCC(=O)NC(P(=O)(O)O)P(=O)(O)O)cc1)NC(=O)N[C@@H](CCC(=O)O)C(=O)O. The van der Waals surface area contributed by atoms with E-state index in [0.717, 1.165) is 0 Å². The monoisotopic (exact) mass is 1430 g/mol. The molecule has 2 aromatic rings. The minimum atomic E-state index is -5.67. The van der Waals surface area contributed by atoms with Crippen LogP contribution in [0.15, 0.2) is 54.6 Å². The van der Waals surface area contributed by atoms with Crippen LogP contribution < -0.4 is 42.0 Å². The molecule has 2 aromatic carbocycles. The fraction of sp³-hybridized carbons (Fsp3) is 0.544. The fourth-order valence-electron chi connectivity index (χ4n) is 9.76. The van der Waals surface area contributed by atoms with E-state index in [0.29, 0.717) is 11.1 Å². The third-order valence-electron chi connectivity index (χ3n) is 14.7. The van der Waals surface area contributed by atoms with Crippen molar-refractivity contribution >= 4 is 98.8 Å². The van der Waals surface area contributed by atoms with Gasteiger partial charge in [0, 0.05) is 96.9 Å². The van der Waals surface area contributed by atoms with Gasteiger partial charge in [-0.1, -0.05) is 42.5 Å². The Hall–Kier alpha value is -9.04. The van der Waals surface area contributed by atoms with Crippen molar-refractivity contribution in [3.05, 3.63) is 65.7 Å². The molecular formula is C57H83N11O28P2. The maximum Gasteiger partial charge on any atom is 0.360 e. The first-order valence-electron chi connectivity index (χ1n) is 30.3. The maximum absolute atomic E-state index is 13.7. The van der Waals surface area contributed by atoms with Gasteiger partial charge in [-0.05, 0) is 55.4 Å².